The molecule has 0 radical (unpaired) electrons. The molecule has 0 unspecified atom stereocenters. The van der Waals surface area contributed by atoms with Crippen LogP contribution in [-0.4, -0.2) is 37.0 Å². The summed E-state index contributed by atoms with van der Waals surface area (Å²) < 4.78 is 4.58. The van der Waals surface area contributed by atoms with Gasteiger partial charge in [-0.1, -0.05) is 39.0 Å². The molecule has 0 rings (SSSR count). The highest BCUT2D eigenvalue weighted by Gasteiger charge is 2.12. The highest BCUT2D eigenvalue weighted by molar-refractivity contribution is 5.77. The third kappa shape index (κ3) is 9.51. The van der Waals surface area contributed by atoms with Crippen LogP contribution in [0.15, 0.2) is 0 Å². The smallest absolute Gasteiger partial charge is 0.307 e. The summed E-state index contributed by atoms with van der Waals surface area (Å²) in [6.45, 7) is 5.27. The summed E-state index contributed by atoms with van der Waals surface area (Å²) in [5, 5.41) is 0. The molecule has 0 bridgehead atoms. The first-order valence-electron chi connectivity index (χ1n) is 7.50. The lowest BCUT2D eigenvalue weighted by Gasteiger charge is -2.20. The minimum absolute atomic E-state index is 0.155. The molecule has 0 aromatic heterocycles. The van der Waals surface area contributed by atoms with E-state index in [4.69, 9.17) is 0 Å². The normalized spacial score (nSPS) is 10.3. The minimum Gasteiger partial charge on any atom is -0.469 e. The van der Waals surface area contributed by atoms with Gasteiger partial charge in [0.25, 0.3) is 0 Å². The van der Waals surface area contributed by atoms with E-state index in [1.807, 2.05) is 6.92 Å². The third-order valence-electron chi connectivity index (χ3n) is 3.29. The van der Waals surface area contributed by atoms with E-state index in [1.54, 1.807) is 4.90 Å². The highest BCUT2D eigenvalue weighted by atomic mass is 16.5. The molecule has 4 nitrogen and oxygen atoms in total. The first-order chi connectivity index (χ1) is 9.15. The molecule has 19 heavy (non-hydrogen) atoms. The second-order valence-electron chi connectivity index (χ2n) is 4.82. The fraction of sp³-hybridized carbons (Fsp3) is 0.867. The molecule has 0 atom stereocenters. The Balaban J connectivity index is 3.73. The molecule has 0 aliphatic rings. The Bertz CT molecular complexity index is 254. The maximum Gasteiger partial charge on any atom is 0.307 e. The van der Waals surface area contributed by atoms with Crippen molar-refractivity contribution in [3.8, 4) is 0 Å². The molecule has 0 saturated heterocycles. The van der Waals surface area contributed by atoms with Crippen molar-refractivity contribution in [2.45, 2.75) is 65.2 Å². The summed E-state index contributed by atoms with van der Waals surface area (Å²) in [7, 11) is 1.37. The van der Waals surface area contributed by atoms with Crippen LogP contribution < -0.4 is 0 Å². The number of amides is 1. The van der Waals surface area contributed by atoms with Gasteiger partial charge in [-0.3, -0.25) is 9.59 Å². The summed E-state index contributed by atoms with van der Waals surface area (Å²) >= 11 is 0. The molecule has 0 spiro atoms. The SMILES string of the molecule is CCCCCCCCC(=O)N(CC)CCC(=O)OC. The van der Waals surface area contributed by atoms with Gasteiger partial charge in [-0.2, -0.15) is 0 Å². The monoisotopic (exact) mass is 271 g/mol. The number of nitrogens with zero attached hydrogens (tertiary/aromatic N) is 1. The van der Waals surface area contributed by atoms with E-state index in [1.165, 1.54) is 32.8 Å². The average molecular weight is 271 g/mol. The van der Waals surface area contributed by atoms with Crippen LogP contribution >= 0.6 is 0 Å². The van der Waals surface area contributed by atoms with Crippen molar-refractivity contribution in [3.63, 3.8) is 0 Å². The quantitative estimate of drug-likeness (QED) is 0.428. The predicted molar refractivity (Wildman–Crippen MR) is 76.9 cm³/mol. The zero-order valence-electron chi connectivity index (χ0n) is 12.7. The molecule has 0 aliphatic carbocycles. The molecular formula is C15H29NO3. The van der Waals surface area contributed by atoms with Gasteiger partial charge in [-0.05, 0) is 13.3 Å². The molecule has 4 heteroatoms. The number of carbonyl (C=O) groups is 2. The number of methoxy groups -OCH3 is 1. The summed E-state index contributed by atoms with van der Waals surface area (Å²) in [6.07, 6.45) is 7.98. The lowest BCUT2D eigenvalue weighted by molar-refractivity contribution is -0.141. The zero-order chi connectivity index (χ0) is 14.5. The van der Waals surface area contributed by atoms with Crippen molar-refractivity contribution in [1.29, 1.82) is 0 Å². The van der Waals surface area contributed by atoms with Crippen LogP contribution in [0.25, 0.3) is 0 Å². The van der Waals surface area contributed by atoms with Crippen LogP contribution in [0, 0.1) is 0 Å². The lowest BCUT2D eigenvalue weighted by Crippen LogP contribution is -2.32. The van der Waals surface area contributed by atoms with Crippen LogP contribution in [0.5, 0.6) is 0 Å². The Morgan fingerprint density at radius 2 is 1.58 bits per heavy atom. The van der Waals surface area contributed by atoms with Crippen molar-refractivity contribution in [1.82, 2.24) is 4.90 Å². The Morgan fingerprint density at radius 1 is 0.947 bits per heavy atom. The van der Waals surface area contributed by atoms with E-state index in [0.29, 0.717) is 19.5 Å². The summed E-state index contributed by atoms with van der Waals surface area (Å²) in [5.74, 6) is -0.104. The fourth-order valence-electron chi connectivity index (χ4n) is 2.00. The minimum atomic E-state index is -0.259. The molecule has 0 saturated carbocycles. The number of hydrogen-bond acceptors (Lipinski definition) is 3. The van der Waals surface area contributed by atoms with Crippen molar-refractivity contribution in [2.75, 3.05) is 20.2 Å². The molecular weight excluding hydrogens is 242 g/mol. The Labute approximate surface area is 117 Å². The summed E-state index contributed by atoms with van der Waals surface area (Å²) in [5.41, 5.74) is 0. The molecule has 0 heterocycles. The standard InChI is InChI=1S/C15H29NO3/c1-4-6-7-8-9-10-11-14(17)16(5-2)13-12-15(18)19-3/h4-13H2,1-3H3. The van der Waals surface area contributed by atoms with E-state index in [0.717, 1.165) is 12.8 Å². The number of ether oxygens (including phenoxy) is 1. The van der Waals surface area contributed by atoms with Gasteiger partial charge in [-0.25, -0.2) is 0 Å². The van der Waals surface area contributed by atoms with Crippen LogP contribution in [0.1, 0.15) is 65.2 Å². The molecule has 0 fully saturated rings. The van der Waals surface area contributed by atoms with Crippen LogP contribution in [0.4, 0.5) is 0 Å². The van der Waals surface area contributed by atoms with Gasteiger partial charge in [0.15, 0.2) is 0 Å². The van der Waals surface area contributed by atoms with Crippen molar-refractivity contribution < 1.29 is 14.3 Å². The van der Waals surface area contributed by atoms with Crippen molar-refractivity contribution in [2.24, 2.45) is 0 Å². The van der Waals surface area contributed by atoms with Crippen LogP contribution in [0.2, 0.25) is 0 Å². The van der Waals surface area contributed by atoms with E-state index < -0.39 is 0 Å². The molecule has 0 aromatic rings. The second kappa shape index (κ2) is 12.0. The van der Waals surface area contributed by atoms with Crippen LogP contribution in [-0.2, 0) is 14.3 Å². The van der Waals surface area contributed by atoms with E-state index in [9.17, 15) is 9.59 Å². The largest absolute Gasteiger partial charge is 0.469 e. The van der Waals surface area contributed by atoms with Gasteiger partial charge in [0.05, 0.1) is 13.5 Å². The average Bonchev–Trinajstić information content (AvgIpc) is 2.42. The van der Waals surface area contributed by atoms with Gasteiger partial charge in [0.1, 0.15) is 0 Å². The molecule has 0 aliphatic heterocycles. The van der Waals surface area contributed by atoms with Gasteiger partial charge >= 0.3 is 5.97 Å². The van der Waals surface area contributed by atoms with Crippen LogP contribution in [0.3, 0.4) is 0 Å². The summed E-state index contributed by atoms with van der Waals surface area (Å²) in [4.78, 5) is 24.7. The Morgan fingerprint density at radius 3 is 2.16 bits per heavy atom. The topological polar surface area (TPSA) is 46.6 Å². The van der Waals surface area contributed by atoms with Crippen molar-refractivity contribution in [3.05, 3.63) is 0 Å². The van der Waals surface area contributed by atoms with Crippen molar-refractivity contribution >= 4 is 11.9 Å². The first-order valence-corrected chi connectivity index (χ1v) is 7.50. The number of carbonyl (C=O) groups excluding carboxylic acids is 2. The number of esters is 1. The maximum absolute atomic E-state index is 11.9. The predicted octanol–water partition coefficient (Wildman–Crippen LogP) is 3.15. The van der Waals surface area contributed by atoms with Gasteiger partial charge in [0, 0.05) is 19.5 Å². The second-order valence-corrected chi connectivity index (χ2v) is 4.82. The Kier molecular flexibility index (Phi) is 11.3. The first kappa shape index (κ1) is 17.9. The number of rotatable bonds is 11. The fourth-order valence-corrected chi connectivity index (χ4v) is 2.00. The van der Waals surface area contributed by atoms with Gasteiger partial charge < -0.3 is 9.64 Å². The third-order valence-corrected chi connectivity index (χ3v) is 3.29. The summed E-state index contributed by atoms with van der Waals surface area (Å²) in [6, 6.07) is 0. The molecule has 0 aromatic carbocycles. The van der Waals surface area contributed by atoms with Gasteiger partial charge in [-0.15, -0.1) is 0 Å². The number of unbranched alkanes of at least 4 members (excludes halogenated alkanes) is 5. The lowest BCUT2D eigenvalue weighted by atomic mass is 10.1. The zero-order valence-corrected chi connectivity index (χ0v) is 12.7. The molecule has 1 amide bonds. The van der Waals surface area contributed by atoms with E-state index in [2.05, 4.69) is 11.7 Å². The Hall–Kier alpha value is -1.06. The van der Waals surface area contributed by atoms with E-state index in [-0.39, 0.29) is 18.3 Å². The molecule has 112 valence electrons. The van der Waals surface area contributed by atoms with E-state index >= 15 is 0 Å². The highest BCUT2D eigenvalue weighted by Crippen LogP contribution is 2.08. The maximum atomic E-state index is 11.9. The molecule has 0 N–H and O–H groups in total. The number of hydrogen-bond donors (Lipinski definition) is 0. The van der Waals surface area contributed by atoms with Gasteiger partial charge in [0.2, 0.25) is 5.91 Å².